The Balaban J connectivity index is 1.78. The van der Waals surface area contributed by atoms with E-state index in [2.05, 4.69) is 26.6 Å². The van der Waals surface area contributed by atoms with Crippen LogP contribution >= 0.6 is 22.9 Å². The van der Waals surface area contributed by atoms with Gasteiger partial charge in [0.25, 0.3) is 0 Å². The molecule has 6 heteroatoms. The van der Waals surface area contributed by atoms with Gasteiger partial charge in [0.05, 0.1) is 22.5 Å². The fraction of sp³-hybridized carbons (Fsp3) is 0.0769. The molecule has 3 aromatic rings. The number of pyridine rings is 1. The highest BCUT2D eigenvalue weighted by Crippen LogP contribution is 2.27. The summed E-state index contributed by atoms with van der Waals surface area (Å²) in [6.45, 7) is 0.648. The summed E-state index contributed by atoms with van der Waals surface area (Å²) in [5.74, 6) is 0. The third kappa shape index (κ3) is 2.62. The van der Waals surface area contributed by atoms with Gasteiger partial charge in [0.1, 0.15) is 0 Å². The average Bonchev–Trinajstić information content (AvgIpc) is 3.08. The molecule has 3 heterocycles. The lowest BCUT2D eigenvalue weighted by Crippen LogP contribution is -2.00. The average molecular weight is 291 g/mol. The van der Waals surface area contributed by atoms with E-state index in [-0.39, 0.29) is 0 Å². The van der Waals surface area contributed by atoms with Crippen LogP contribution in [0.2, 0.25) is 5.15 Å². The highest BCUT2D eigenvalue weighted by Gasteiger charge is 2.09. The number of H-pyrrole nitrogens is 1. The molecule has 0 fully saturated rings. The summed E-state index contributed by atoms with van der Waals surface area (Å²) in [6, 6.07) is 7.85. The Hall–Kier alpha value is -1.85. The maximum atomic E-state index is 6.01. The number of anilines is 1. The molecule has 96 valence electrons. The number of hydrogen-bond donors (Lipinski definition) is 2. The molecule has 0 aliphatic carbocycles. The standard InChI is InChI=1S/C13H11ClN4S/c14-13-10(3-1-5-15-13)16-7-9-8-17-18-12(9)11-4-2-6-19-11/h1-6,8,16H,7H2,(H,17,18). The molecule has 4 nitrogen and oxygen atoms in total. The number of hydrogen-bond acceptors (Lipinski definition) is 4. The Morgan fingerprint density at radius 3 is 3.05 bits per heavy atom. The van der Waals surface area contributed by atoms with E-state index in [9.17, 15) is 0 Å². The summed E-state index contributed by atoms with van der Waals surface area (Å²) in [5, 5.41) is 12.9. The third-order valence-electron chi connectivity index (χ3n) is 2.71. The van der Waals surface area contributed by atoms with Gasteiger partial charge in [-0.05, 0) is 23.6 Å². The predicted molar refractivity (Wildman–Crippen MR) is 78.5 cm³/mol. The Morgan fingerprint density at radius 2 is 2.26 bits per heavy atom. The van der Waals surface area contributed by atoms with Crippen LogP contribution in [-0.2, 0) is 6.54 Å². The molecule has 2 N–H and O–H groups in total. The molecule has 0 unspecified atom stereocenters. The highest BCUT2D eigenvalue weighted by atomic mass is 35.5. The Bertz CT molecular complexity index is 663. The molecule has 0 spiro atoms. The van der Waals surface area contributed by atoms with Crippen molar-refractivity contribution >= 4 is 28.6 Å². The quantitative estimate of drug-likeness (QED) is 0.719. The van der Waals surface area contributed by atoms with Crippen molar-refractivity contribution in [3.63, 3.8) is 0 Å². The molecule has 19 heavy (non-hydrogen) atoms. The molecule has 0 amide bonds. The van der Waals surface area contributed by atoms with E-state index in [0.717, 1.165) is 16.9 Å². The molecule has 0 atom stereocenters. The van der Waals surface area contributed by atoms with Crippen molar-refractivity contribution in [1.82, 2.24) is 15.2 Å². The van der Waals surface area contributed by atoms with E-state index >= 15 is 0 Å². The van der Waals surface area contributed by atoms with Gasteiger partial charge in [0.15, 0.2) is 5.15 Å². The van der Waals surface area contributed by atoms with E-state index in [0.29, 0.717) is 11.7 Å². The highest BCUT2D eigenvalue weighted by molar-refractivity contribution is 7.13. The lowest BCUT2D eigenvalue weighted by Gasteiger charge is -2.07. The topological polar surface area (TPSA) is 53.6 Å². The van der Waals surface area contributed by atoms with Gasteiger partial charge in [-0.1, -0.05) is 17.7 Å². The van der Waals surface area contributed by atoms with Crippen LogP contribution in [0.5, 0.6) is 0 Å². The minimum absolute atomic E-state index is 0.476. The summed E-state index contributed by atoms with van der Waals surface area (Å²) in [5.41, 5.74) is 2.97. The van der Waals surface area contributed by atoms with Crippen molar-refractivity contribution in [2.24, 2.45) is 0 Å². The Kier molecular flexibility index (Phi) is 3.48. The largest absolute Gasteiger partial charge is 0.378 e. The molecule has 0 saturated heterocycles. The van der Waals surface area contributed by atoms with E-state index in [4.69, 9.17) is 11.6 Å². The van der Waals surface area contributed by atoms with Crippen molar-refractivity contribution in [2.45, 2.75) is 6.54 Å². The zero-order valence-electron chi connectivity index (χ0n) is 9.93. The summed E-state index contributed by atoms with van der Waals surface area (Å²) in [4.78, 5) is 5.21. The molecule has 0 radical (unpaired) electrons. The molecule has 3 rings (SSSR count). The van der Waals surface area contributed by atoms with Crippen LogP contribution in [-0.4, -0.2) is 15.2 Å². The smallest absolute Gasteiger partial charge is 0.152 e. The van der Waals surface area contributed by atoms with E-state index < -0.39 is 0 Å². The second-order valence-corrected chi connectivity index (χ2v) is 5.25. The first-order chi connectivity index (χ1) is 9.34. The van der Waals surface area contributed by atoms with Crippen molar-refractivity contribution in [3.05, 3.63) is 52.8 Å². The normalized spacial score (nSPS) is 10.6. The van der Waals surface area contributed by atoms with Gasteiger partial charge < -0.3 is 5.32 Å². The minimum Gasteiger partial charge on any atom is -0.378 e. The van der Waals surface area contributed by atoms with Crippen LogP contribution in [0.3, 0.4) is 0 Å². The summed E-state index contributed by atoms with van der Waals surface area (Å²) >= 11 is 7.69. The first-order valence-electron chi connectivity index (χ1n) is 5.75. The van der Waals surface area contributed by atoms with Crippen molar-refractivity contribution < 1.29 is 0 Å². The maximum Gasteiger partial charge on any atom is 0.152 e. The zero-order valence-corrected chi connectivity index (χ0v) is 11.5. The number of halogens is 1. The third-order valence-corrected chi connectivity index (χ3v) is 3.90. The van der Waals surface area contributed by atoms with Crippen LogP contribution in [0.1, 0.15) is 5.56 Å². The molecule has 0 aliphatic rings. The van der Waals surface area contributed by atoms with Gasteiger partial charge in [-0.3, -0.25) is 5.10 Å². The first kappa shape index (κ1) is 12.2. The Labute approximate surface area is 119 Å². The maximum absolute atomic E-state index is 6.01. The molecule has 0 bridgehead atoms. The molecule has 0 aromatic carbocycles. The van der Waals surface area contributed by atoms with E-state index in [1.807, 2.05) is 29.8 Å². The number of aromatic amines is 1. The number of thiophene rings is 1. The second kappa shape index (κ2) is 5.42. The van der Waals surface area contributed by atoms with Crippen LogP contribution in [0.15, 0.2) is 42.0 Å². The lowest BCUT2D eigenvalue weighted by molar-refractivity contribution is 1.10. The van der Waals surface area contributed by atoms with Gasteiger partial charge in [0, 0.05) is 18.3 Å². The molecular weight excluding hydrogens is 280 g/mol. The lowest BCUT2D eigenvalue weighted by atomic mass is 10.2. The van der Waals surface area contributed by atoms with Gasteiger partial charge in [-0.15, -0.1) is 11.3 Å². The minimum atomic E-state index is 0.476. The summed E-state index contributed by atoms with van der Waals surface area (Å²) < 4.78 is 0. The van der Waals surface area contributed by atoms with Gasteiger partial charge >= 0.3 is 0 Å². The predicted octanol–water partition coefficient (Wildman–Crippen LogP) is 3.80. The Morgan fingerprint density at radius 1 is 1.32 bits per heavy atom. The molecular formula is C13H11ClN4S. The number of nitrogens with zero attached hydrogens (tertiary/aromatic N) is 2. The molecule has 0 aliphatic heterocycles. The van der Waals surface area contributed by atoms with E-state index in [1.165, 1.54) is 4.88 Å². The fourth-order valence-electron chi connectivity index (χ4n) is 1.79. The van der Waals surface area contributed by atoms with Gasteiger partial charge in [-0.2, -0.15) is 5.10 Å². The van der Waals surface area contributed by atoms with Crippen molar-refractivity contribution in [2.75, 3.05) is 5.32 Å². The molecule has 3 aromatic heterocycles. The number of aromatic nitrogens is 3. The van der Waals surface area contributed by atoms with Gasteiger partial charge in [-0.25, -0.2) is 4.98 Å². The van der Waals surface area contributed by atoms with Crippen molar-refractivity contribution in [1.29, 1.82) is 0 Å². The zero-order chi connectivity index (χ0) is 13.1. The number of nitrogens with one attached hydrogen (secondary N) is 2. The van der Waals surface area contributed by atoms with Crippen LogP contribution in [0.25, 0.3) is 10.6 Å². The van der Waals surface area contributed by atoms with E-state index in [1.54, 1.807) is 17.5 Å². The molecule has 0 saturated carbocycles. The van der Waals surface area contributed by atoms with Crippen LogP contribution in [0.4, 0.5) is 5.69 Å². The van der Waals surface area contributed by atoms with Gasteiger partial charge in [0.2, 0.25) is 0 Å². The first-order valence-corrected chi connectivity index (χ1v) is 7.01. The number of rotatable bonds is 4. The van der Waals surface area contributed by atoms with Crippen LogP contribution < -0.4 is 5.32 Å². The second-order valence-electron chi connectivity index (χ2n) is 3.94. The fourth-order valence-corrected chi connectivity index (χ4v) is 2.73. The van der Waals surface area contributed by atoms with Crippen LogP contribution in [0, 0.1) is 0 Å². The monoisotopic (exact) mass is 290 g/mol. The SMILES string of the molecule is Clc1ncccc1NCc1cn[nH]c1-c1cccs1. The summed E-state index contributed by atoms with van der Waals surface area (Å²) in [7, 11) is 0. The summed E-state index contributed by atoms with van der Waals surface area (Å²) in [6.07, 6.45) is 3.49. The van der Waals surface area contributed by atoms with Crippen molar-refractivity contribution in [3.8, 4) is 10.6 Å².